The summed E-state index contributed by atoms with van der Waals surface area (Å²) in [5, 5.41) is 18.5. The second-order valence-electron chi connectivity index (χ2n) is 4.43. The van der Waals surface area contributed by atoms with Crippen molar-refractivity contribution in [3.63, 3.8) is 0 Å². The molecule has 7 heteroatoms. The SMILES string of the molecule is Cc1nc(-n2nnc(C#N)c2-c2ccccc2Cl)sc1C. The largest absolute Gasteiger partial charge is 0.223 e. The lowest BCUT2D eigenvalue weighted by Crippen LogP contribution is -1.99. The number of nitrogens with zero attached hydrogens (tertiary/aromatic N) is 5. The third kappa shape index (κ3) is 2.31. The molecule has 0 N–H and O–H groups in total. The van der Waals surface area contributed by atoms with Crippen molar-refractivity contribution < 1.29 is 0 Å². The van der Waals surface area contributed by atoms with Gasteiger partial charge in [-0.2, -0.15) is 9.94 Å². The lowest BCUT2D eigenvalue weighted by atomic mass is 10.1. The second-order valence-corrected chi connectivity index (χ2v) is 6.02. The summed E-state index contributed by atoms with van der Waals surface area (Å²) in [5.41, 5.74) is 2.45. The van der Waals surface area contributed by atoms with Crippen molar-refractivity contribution in [3.8, 4) is 22.5 Å². The van der Waals surface area contributed by atoms with Gasteiger partial charge in [0.05, 0.1) is 10.7 Å². The summed E-state index contributed by atoms with van der Waals surface area (Å²) >= 11 is 7.75. The molecule has 0 saturated heterocycles. The Kier molecular flexibility index (Phi) is 3.45. The highest BCUT2D eigenvalue weighted by molar-refractivity contribution is 7.14. The van der Waals surface area contributed by atoms with Gasteiger partial charge in [-0.1, -0.05) is 46.4 Å². The van der Waals surface area contributed by atoms with Gasteiger partial charge in [0.15, 0.2) is 5.69 Å². The van der Waals surface area contributed by atoms with E-state index in [1.165, 1.54) is 11.3 Å². The van der Waals surface area contributed by atoms with Gasteiger partial charge in [-0.3, -0.25) is 0 Å². The Morgan fingerprint density at radius 3 is 2.67 bits per heavy atom. The zero-order chi connectivity index (χ0) is 15.0. The highest BCUT2D eigenvalue weighted by Gasteiger charge is 2.20. The molecule has 0 unspecified atom stereocenters. The number of halogens is 1. The molecule has 0 aliphatic heterocycles. The molecular weight excluding hydrogens is 306 g/mol. The fraction of sp³-hybridized carbons (Fsp3) is 0.143. The summed E-state index contributed by atoms with van der Waals surface area (Å²) in [6.07, 6.45) is 0. The van der Waals surface area contributed by atoms with Crippen molar-refractivity contribution in [1.29, 1.82) is 5.26 Å². The van der Waals surface area contributed by atoms with E-state index in [-0.39, 0.29) is 5.69 Å². The van der Waals surface area contributed by atoms with Crippen LogP contribution in [0.25, 0.3) is 16.4 Å². The number of aromatic nitrogens is 4. The number of hydrogen-bond donors (Lipinski definition) is 0. The van der Waals surface area contributed by atoms with E-state index in [1.807, 2.05) is 32.0 Å². The van der Waals surface area contributed by atoms with Crippen molar-refractivity contribution in [2.75, 3.05) is 0 Å². The lowest BCUT2D eigenvalue weighted by molar-refractivity contribution is 0.798. The van der Waals surface area contributed by atoms with Crippen LogP contribution in [0.3, 0.4) is 0 Å². The molecule has 21 heavy (non-hydrogen) atoms. The number of rotatable bonds is 2. The summed E-state index contributed by atoms with van der Waals surface area (Å²) in [7, 11) is 0. The van der Waals surface area contributed by atoms with Crippen molar-refractivity contribution in [2.45, 2.75) is 13.8 Å². The van der Waals surface area contributed by atoms with Crippen LogP contribution in [0.5, 0.6) is 0 Å². The molecule has 3 aromatic rings. The monoisotopic (exact) mass is 315 g/mol. The molecule has 2 aromatic heterocycles. The number of nitriles is 1. The number of thiazole rings is 1. The zero-order valence-electron chi connectivity index (χ0n) is 11.3. The van der Waals surface area contributed by atoms with Crippen LogP contribution in [0.2, 0.25) is 5.02 Å². The number of benzene rings is 1. The van der Waals surface area contributed by atoms with Crippen LogP contribution >= 0.6 is 22.9 Å². The minimum atomic E-state index is 0.230. The van der Waals surface area contributed by atoms with E-state index in [0.717, 1.165) is 10.6 Å². The molecule has 104 valence electrons. The van der Waals surface area contributed by atoms with E-state index in [4.69, 9.17) is 11.6 Å². The molecule has 0 radical (unpaired) electrons. The maximum Gasteiger partial charge on any atom is 0.212 e. The average Bonchev–Trinajstić information content (AvgIpc) is 3.03. The van der Waals surface area contributed by atoms with Gasteiger partial charge in [0.2, 0.25) is 5.13 Å². The summed E-state index contributed by atoms with van der Waals surface area (Å²) in [4.78, 5) is 5.57. The summed E-state index contributed by atoms with van der Waals surface area (Å²) in [6.45, 7) is 3.93. The van der Waals surface area contributed by atoms with Gasteiger partial charge in [0.25, 0.3) is 0 Å². The fourth-order valence-corrected chi connectivity index (χ4v) is 3.02. The van der Waals surface area contributed by atoms with Gasteiger partial charge in [0.1, 0.15) is 11.8 Å². The molecule has 0 bridgehead atoms. The second kappa shape index (κ2) is 5.28. The van der Waals surface area contributed by atoms with Gasteiger partial charge in [-0.05, 0) is 19.9 Å². The normalized spacial score (nSPS) is 10.6. The van der Waals surface area contributed by atoms with Crippen molar-refractivity contribution >= 4 is 22.9 Å². The number of hydrogen-bond acceptors (Lipinski definition) is 5. The van der Waals surface area contributed by atoms with Gasteiger partial charge < -0.3 is 0 Å². The van der Waals surface area contributed by atoms with Crippen LogP contribution in [0.15, 0.2) is 24.3 Å². The molecule has 0 spiro atoms. The highest BCUT2D eigenvalue weighted by Crippen LogP contribution is 2.32. The first-order valence-electron chi connectivity index (χ1n) is 6.17. The standard InChI is InChI=1S/C14H10ClN5S/c1-8-9(2)21-14(17-8)20-13(12(7-16)18-19-20)10-5-3-4-6-11(10)15/h3-6H,1-2H3. The Bertz CT molecular complexity index is 839. The Labute approximate surface area is 130 Å². The molecule has 5 nitrogen and oxygen atoms in total. The Hall–Kier alpha value is -2.23. The van der Waals surface area contributed by atoms with Crippen molar-refractivity contribution in [1.82, 2.24) is 20.0 Å². The quantitative estimate of drug-likeness (QED) is 0.725. The molecule has 0 saturated carbocycles. The molecular formula is C14H10ClN5S. The van der Waals surface area contributed by atoms with Crippen LogP contribution in [-0.2, 0) is 0 Å². The van der Waals surface area contributed by atoms with E-state index < -0.39 is 0 Å². The van der Waals surface area contributed by atoms with Gasteiger partial charge in [0, 0.05) is 10.4 Å². The topological polar surface area (TPSA) is 67.4 Å². The molecule has 0 amide bonds. The van der Waals surface area contributed by atoms with Crippen molar-refractivity contribution in [3.05, 3.63) is 45.6 Å². The predicted molar refractivity (Wildman–Crippen MR) is 81.7 cm³/mol. The summed E-state index contributed by atoms with van der Waals surface area (Å²) in [6, 6.07) is 9.36. The van der Waals surface area contributed by atoms with E-state index in [0.29, 0.717) is 21.4 Å². The molecule has 1 aromatic carbocycles. The predicted octanol–water partition coefficient (Wildman–Crippen LogP) is 3.53. The summed E-state index contributed by atoms with van der Waals surface area (Å²) in [5.74, 6) is 0. The van der Waals surface area contributed by atoms with Crippen LogP contribution in [-0.4, -0.2) is 20.0 Å². The van der Waals surface area contributed by atoms with Gasteiger partial charge in [-0.25, -0.2) is 4.98 Å². The molecule has 0 aliphatic carbocycles. The Balaban J connectivity index is 2.27. The van der Waals surface area contributed by atoms with Crippen LogP contribution in [0.1, 0.15) is 16.3 Å². The van der Waals surface area contributed by atoms with Crippen molar-refractivity contribution in [2.24, 2.45) is 0 Å². The molecule has 0 atom stereocenters. The van der Waals surface area contributed by atoms with Crippen LogP contribution in [0, 0.1) is 25.2 Å². The average molecular weight is 316 g/mol. The first kappa shape index (κ1) is 13.7. The fourth-order valence-electron chi connectivity index (χ4n) is 1.93. The number of aryl methyl sites for hydroxylation is 2. The van der Waals surface area contributed by atoms with E-state index >= 15 is 0 Å². The van der Waals surface area contributed by atoms with E-state index in [2.05, 4.69) is 21.4 Å². The van der Waals surface area contributed by atoms with Gasteiger partial charge in [-0.15, -0.1) is 5.10 Å². The van der Waals surface area contributed by atoms with E-state index in [9.17, 15) is 5.26 Å². The minimum absolute atomic E-state index is 0.230. The molecule has 0 fully saturated rings. The molecule has 0 aliphatic rings. The maximum absolute atomic E-state index is 9.26. The minimum Gasteiger partial charge on any atom is -0.223 e. The van der Waals surface area contributed by atoms with Crippen LogP contribution in [0.4, 0.5) is 0 Å². The van der Waals surface area contributed by atoms with E-state index in [1.54, 1.807) is 10.7 Å². The maximum atomic E-state index is 9.26. The zero-order valence-corrected chi connectivity index (χ0v) is 12.9. The summed E-state index contributed by atoms with van der Waals surface area (Å²) < 4.78 is 1.57. The first-order valence-corrected chi connectivity index (χ1v) is 7.36. The lowest BCUT2D eigenvalue weighted by Gasteiger charge is -2.05. The molecule has 2 heterocycles. The molecule has 3 rings (SSSR count). The third-order valence-electron chi connectivity index (χ3n) is 3.10. The van der Waals surface area contributed by atoms with Crippen LogP contribution < -0.4 is 0 Å². The highest BCUT2D eigenvalue weighted by atomic mass is 35.5. The third-order valence-corrected chi connectivity index (χ3v) is 4.48. The Morgan fingerprint density at radius 1 is 1.29 bits per heavy atom. The first-order chi connectivity index (χ1) is 10.1. The Morgan fingerprint density at radius 2 is 2.05 bits per heavy atom. The van der Waals surface area contributed by atoms with Gasteiger partial charge >= 0.3 is 0 Å². The smallest absolute Gasteiger partial charge is 0.212 e.